The van der Waals surface area contributed by atoms with Crippen molar-refractivity contribution >= 4 is 5.91 Å². The molecule has 9 heteroatoms. The van der Waals surface area contributed by atoms with Gasteiger partial charge in [-0.25, -0.2) is 0 Å². The van der Waals surface area contributed by atoms with E-state index in [1.54, 1.807) is 18.9 Å². The van der Waals surface area contributed by atoms with Crippen LogP contribution in [-0.2, 0) is 14.4 Å². The summed E-state index contributed by atoms with van der Waals surface area (Å²) in [5, 5.41) is 9.81. The number of hydroxylamine groups is 1. The van der Waals surface area contributed by atoms with Crippen LogP contribution in [0.1, 0.15) is 45.4 Å². The number of nitrogens with two attached hydrogens (primary N) is 1. The van der Waals surface area contributed by atoms with Gasteiger partial charge in [-0.15, -0.1) is 0 Å². The van der Waals surface area contributed by atoms with Crippen LogP contribution >= 0.6 is 0 Å². The van der Waals surface area contributed by atoms with E-state index in [0.717, 1.165) is 52.0 Å². The molecule has 0 spiro atoms. The predicted octanol–water partition coefficient (Wildman–Crippen LogP) is -2.64. The van der Waals surface area contributed by atoms with E-state index in [1.807, 2.05) is 4.90 Å². The third-order valence-corrected chi connectivity index (χ3v) is 7.68. The Labute approximate surface area is 180 Å². The highest BCUT2D eigenvalue weighted by Crippen LogP contribution is 2.21. The van der Waals surface area contributed by atoms with Gasteiger partial charge < -0.3 is 19.9 Å². The van der Waals surface area contributed by atoms with Gasteiger partial charge in [0.15, 0.2) is 6.23 Å². The number of carbonyl (C=O) groups excluding carboxylic acids is 1. The number of hydrogen-bond acceptors (Lipinski definition) is 6. The number of rotatable bonds is 7. The SMILES string of the molecule is COCCNC1CC(C2NOC(C3CCC[NH+]3C3CCN(C(C)=O)CC3)N2)CC[NH2+]1. The summed E-state index contributed by atoms with van der Waals surface area (Å²) < 4.78 is 5.17. The van der Waals surface area contributed by atoms with E-state index >= 15 is 0 Å². The van der Waals surface area contributed by atoms with Crippen molar-refractivity contribution in [2.75, 3.05) is 46.4 Å². The second-order valence-corrected chi connectivity index (χ2v) is 9.52. The van der Waals surface area contributed by atoms with Crippen LogP contribution in [-0.4, -0.2) is 87.9 Å². The average molecular weight is 427 g/mol. The Morgan fingerprint density at radius 1 is 1.30 bits per heavy atom. The minimum Gasteiger partial charge on any atom is -0.383 e. The Kier molecular flexibility index (Phi) is 7.96. The molecule has 0 saturated carbocycles. The lowest BCUT2D eigenvalue weighted by atomic mass is 9.92. The van der Waals surface area contributed by atoms with Crippen LogP contribution in [0.4, 0.5) is 0 Å². The Balaban J connectivity index is 1.27. The van der Waals surface area contributed by atoms with Gasteiger partial charge in [-0.3, -0.25) is 20.3 Å². The highest BCUT2D eigenvalue weighted by molar-refractivity contribution is 5.73. The summed E-state index contributed by atoms with van der Waals surface area (Å²) in [6.45, 7) is 7.54. The van der Waals surface area contributed by atoms with E-state index in [2.05, 4.69) is 21.4 Å². The van der Waals surface area contributed by atoms with E-state index in [0.29, 0.717) is 24.2 Å². The molecule has 6 unspecified atom stereocenters. The number of likely N-dealkylation sites (tertiary alicyclic amines) is 2. The lowest BCUT2D eigenvalue weighted by molar-refractivity contribution is -0.942. The quantitative estimate of drug-likeness (QED) is 0.286. The number of piperidine rings is 2. The zero-order chi connectivity index (χ0) is 20.9. The van der Waals surface area contributed by atoms with Gasteiger partial charge >= 0.3 is 0 Å². The van der Waals surface area contributed by atoms with E-state index < -0.39 is 0 Å². The Hall–Kier alpha value is -0.810. The van der Waals surface area contributed by atoms with E-state index in [4.69, 9.17) is 9.57 Å². The second kappa shape index (κ2) is 10.7. The fourth-order valence-corrected chi connectivity index (χ4v) is 6.00. The zero-order valence-corrected chi connectivity index (χ0v) is 18.7. The zero-order valence-electron chi connectivity index (χ0n) is 18.7. The lowest BCUT2D eigenvalue weighted by Gasteiger charge is -2.37. The van der Waals surface area contributed by atoms with Crippen molar-refractivity contribution in [2.45, 2.75) is 76.1 Å². The standard InChI is InChI=1S/C21H40N6O3/c1-15(28)26-11-6-17(7-12-26)27-10-3-4-18(27)21-24-20(25-30-21)16-5-8-22-19(14-16)23-9-13-29-2/h16-25H,3-14H2,1-2H3/p+2. The second-order valence-electron chi connectivity index (χ2n) is 9.52. The fraction of sp³-hybridized carbons (Fsp3) is 0.952. The summed E-state index contributed by atoms with van der Waals surface area (Å²) >= 11 is 0. The summed E-state index contributed by atoms with van der Waals surface area (Å²) in [5.41, 5.74) is 3.34. The third-order valence-electron chi connectivity index (χ3n) is 7.68. The van der Waals surface area contributed by atoms with E-state index in [1.165, 1.54) is 25.8 Å². The molecule has 172 valence electrons. The molecule has 6 atom stereocenters. The molecule has 4 saturated heterocycles. The summed E-state index contributed by atoms with van der Waals surface area (Å²) in [6, 6.07) is 1.15. The molecular formula is C21H42N6O3+2. The molecule has 4 aliphatic rings. The summed E-state index contributed by atoms with van der Waals surface area (Å²) in [7, 11) is 1.75. The number of ether oxygens (including phenoxy) is 1. The fourth-order valence-electron chi connectivity index (χ4n) is 6.00. The van der Waals surface area contributed by atoms with Crippen LogP contribution in [0.15, 0.2) is 0 Å². The molecule has 4 fully saturated rings. The monoisotopic (exact) mass is 426 g/mol. The first-order valence-corrected chi connectivity index (χ1v) is 12.0. The molecule has 4 heterocycles. The first-order chi connectivity index (χ1) is 14.7. The van der Waals surface area contributed by atoms with E-state index in [9.17, 15) is 4.79 Å². The number of quaternary nitrogens is 2. The summed E-state index contributed by atoms with van der Waals surface area (Å²) in [4.78, 5) is 21.5. The van der Waals surface area contributed by atoms with Crippen LogP contribution in [0.25, 0.3) is 0 Å². The summed E-state index contributed by atoms with van der Waals surface area (Å²) in [6.07, 6.45) is 7.83. The average Bonchev–Trinajstić information content (AvgIpc) is 3.44. The van der Waals surface area contributed by atoms with Crippen LogP contribution < -0.4 is 26.3 Å². The van der Waals surface area contributed by atoms with Crippen LogP contribution in [0.5, 0.6) is 0 Å². The van der Waals surface area contributed by atoms with Gasteiger partial charge in [-0.2, -0.15) is 5.48 Å². The highest BCUT2D eigenvalue weighted by atomic mass is 16.7. The van der Waals surface area contributed by atoms with Crippen molar-refractivity contribution in [1.82, 2.24) is 21.0 Å². The Morgan fingerprint density at radius 2 is 2.13 bits per heavy atom. The number of nitrogens with zero attached hydrogens (tertiary/aromatic N) is 1. The molecular weight excluding hydrogens is 384 g/mol. The van der Waals surface area contributed by atoms with Gasteiger partial charge in [-0.05, 0) is 0 Å². The van der Waals surface area contributed by atoms with Crippen molar-refractivity contribution in [2.24, 2.45) is 5.92 Å². The van der Waals surface area contributed by atoms with E-state index in [-0.39, 0.29) is 18.3 Å². The largest absolute Gasteiger partial charge is 0.383 e. The van der Waals surface area contributed by atoms with Crippen molar-refractivity contribution < 1.29 is 24.6 Å². The molecule has 0 aliphatic carbocycles. The minimum absolute atomic E-state index is 0.0872. The first-order valence-electron chi connectivity index (χ1n) is 12.0. The van der Waals surface area contributed by atoms with Crippen LogP contribution in [0.2, 0.25) is 0 Å². The summed E-state index contributed by atoms with van der Waals surface area (Å²) in [5.74, 6) is 0.790. The van der Waals surface area contributed by atoms with Crippen molar-refractivity contribution in [3.8, 4) is 0 Å². The number of nitrogens with one attached hydrogen (secondary N) is 4. The normalized spacial score (nSPS) is 38.3. The minimum atomic E-state index is 0.0872. The maximum absolute atomic E-state index is 11.7. The van der Waals surface area contributed by atoms with Gasteiger partial charge in [0.25, 0.3) is 0 Å². The van der Waals surface area contributed by atoms with Gasteiger partial charge in [0.05, 0.1) is 31.9 Å². The Bertz CT molecular complexity index is 559. The molecule has 1 amide bonds. The van der Waals surface area contributed by atoms with Gasteiger partial charge in [0, 0.05) is 78.1 Å². The van der Waals surface area contributed by atoms with Crippen molar-refractivity contribution in [3.63, 3.8) is 0 Å². The smallest absolute Gasteiger partial charge is 0.219 e. The molecule has 0 aromatic carbocycles. The maximum Gasteiger partial charge on any atom is 0.219 e. The van der Waals surface area contributed by atoms with Crippen molar-refractivity contribution in [3.05, 3.63) is 0 Å². The number of amides is 1. The molecule has 4 rings (SSSR count). The topological polar surface area (TPSA) is 95.9 Å². The molecule has 4 aliphatic heterocycles. The Morgan fingerprint density at radius 3 is 2.90 bits per heavy atom. The lowest BCUT2D eigenvalue weighted by Crippen LogP contribution is -3.19. The van der Waals surface area contributed by atoms with Gasteiger partial charge in [0.1, 0.15) is 12.2 Å². The highest BCUT2D eigenvalue weighted by Gasteiger charge is 2.46. The van der Waals surface area contributed by atoms with Gasteiger partial charge in [-0.1, -0.05) is 0 Å². The predicted molar refractivity (Wildman–Crippen MR) is 112 cm³/mol. The molecule has 30 heavy (non-hydrogen) atoms. The molecule has 9 nitrogen and oxygen atoms in total. The first kappa shape index (κ1) is 22.4. The number of methoxy groups -OCH3 is 1. The van der Waals surface area contributed by atoms with Crippen LogP contribution in [0, 0.1) is 5.92 Å². The third kappa shape index (κ3) is 5.32. The van der Waals surface area contributed by atoms with Crippen molar-refractivity contribution in [1.29, 1.82) is 0 Å². The molecule has 0 aromatic heterocycles. The molecule has 0 aromatic rings. The maximum atomic E-state index is 11.7. The number of carbonyl (C=O) groups is 1. The van der Waals surface area contributed by atoms with Crippen LogP contribution in [0.3, 0.4) is 0 Å². The van der Waals surface area contributed by atoms with Gasteiger partial charge in [0.2, 0.25) is 5.91 Å². The molecule has 6 N–H and O–H groups in total. The molecule has 0 bridgehead atoms. The molecule has 0 radical (unpaired) electrons. The number of hydrogen-bond donors (Lipinski definition) is 5.